The summed E-state index contributed by atoms with van der Waals surface area (Å²) in [5.41, 5.74) is 2.16. The van der Waals surface area contributed by atoms with E-state index in [1.165, 1.54) is 11.1 Å². The Hall–Kier alpha value is -2.72. The summed E-state index contributed by atoms with van der Waals surface area (Å²) in [5, 5.41) is 0. The molecule has 0 aliphatic carbocycles. The van der Waals surface area contributed by atoms with Crippen LogP contribution in [-0.2, 0) is 33.8 Å². The third-order valence-electron chi connectivity index (χ3n) is 6.94. The van der Waals surface area contributed by atoms with E-state index in [1.807, 2.05) is 24.3 Å². The summed E-state index contributed by atoms with van der Waals surface area (Å²) in [4.78, 5) is 0. The van der Waals surface area contributed by atoms with Crippen molar-refractivity contribution in [3.63, 3.8) is 0 Å². The third kappa shape index (κ3) is 10.9. The highest BCUT2D eigenvalue weighted by molar-refractivity contribution is 5.41. The van der Waals surface area contributed by atoms with E-state index in [1.54, 1.807) is 12.2 Å². The quantitative estimate of drug-likeness (QED) is 0.114. The van der Waals surface area contributed by atoms with Gasteiger partial charge >= 0.3 is 0 Å². The van der Waals surface area contributed by atoms with Gasteiger partial charge in [-0.3, -0.25) is 0 Å². The molecule has 2 saturated heterocycles. The van der Waals surface area contributed by atoms with Crippen LogP contribution in [0.4, 0.5) is 0 Å². The summed E-state index contributed by atoms with van der Waals surface area (Å²) in [6, 6.07) is 16.4. The maximum atomic E-state index is 6.03. The Morgan fingerprint density at radius 1 is 0.707 bits per heavy atom. The molecule has 2 heterocycles. The van der Waals surface area contributed by atoms with Crippen LogP contribution in [0.2, 0.25) is 0 Å². The molecule has 4 unspecified atom stereocenters. The minimum Gasteiger partial charge on any atom is -0.491 e. The van der Waals surface area contributed by atoms with Gasteiger partial charge in [-0.15, -0.1) is 13.2 Å². The van der Waals surface area contributed by atoms with Crippen molar-refractivity contribution >= 4 is 0 Å². The van der Waals surface area contributed by atoms with E-state index in [-0.39, 0.29) is 29.8 Å². The Morgan fingerprint density at radius 2 is 1.10 bits per heavy atom. The van der Waals surface area contributed by atoms with E-state index >= 15 is 0 Å². The second-order valence-electron chi connectivity index (χ2n) is 10.8. The number of benzene rings is 2. The zero-order valence-corrected chi connectivity index (χ0v) is 24.3. The predicted octanol–water partition coefficient (Wildman–Crippen LogP) is 4.74. The van der Waals surface area contributed by atoms with Crippen molar-refractivity contribution in [3.05, 3.63) is 85.0 Å². The molecular weight excluding hydrogens is 524 g/mol. The molecule has 2 fully saturated rings. The standard InChI is InChI=1S/C33H44O8/c1-5-15-34-17-29(38-21-31-23-40-31)19-36-27-11-7-25(8-12-27)33(3,4)26-9-13-28(14-10-26)37-20-30(18-35-16-6-2)39-22-32-24-41-32/h5-14,29-32H,1-2,15-24H2,3-4H3. The van der Waals surface area contributed by atoms with Crippen LogP contribution in [0.25, 0.3) is 0 Å². The SMILES string of the molecule is C=CCOCC(COc1ccc(C(C)(C)c2ccc(OCC(COCC=C)OCC3CO3)cc2)cc1)OCC1CO1. The molecule has 0 radical (unpaired) electrons. The highest BCUT2D eigenvalue weighted by Crippen LogP contribution is 2.33. The van der Waals surface area contributed by atoms with E-state index in [9.17, 15) is 0 Å². The van der Waals surface area contributed by atoms with Gasteiger partial charge in [0.05, 0.1) is 52.9 Å². The summed E-state index contributed by atoms with van der Waals surface area (Å²) in [7, 11) is 0. The van der Waals surface area contributed by atoms with E-state index < -0.39 is 0 Å². The van der Waals surface area contributed by atoms with Crippen molar-refractivity contribution in [1.29, 1.82) is 0 Å². The van der Waals surface area contributed by atoms with E-state index in [0.29, 0.717) is 52.9 Å². The molecule has 2 aromatic rings. The predicted molar refractivity (Wildman–Crippen MR) is 157 cm³/mol. The molecule has 2 aliphatic rings. The van der Waals surface area contributed by atoms with Crippen LogP contribution in [0.3, 0.4) is 0 Å². The molecule has 4 rings (SSSR count). The average molecular weight is 569 g/mol. The third-order valence-corrected chi connectivity index (χ3v) is 6.94. The minimum atomic E-state index is -0.208. The van der Waals surface area contributed by atoms with Crippen molar-refractivity contribution < 1.29 is 37.9 Å². The van der Waals surface area contributed by atoms with E-state index in [4.69, 9.17) is 37.9 Å². The van der Waals surface area contributed by atoms with Crippen molar-refractivity contribution in [2.75, 3.05) is 66.1 Å². The van der Waals surface area contributed by atoms with Gasteiger partial charge in [-0.1, -0.05) is 50.3 Å². The molecule has 4 atom stereocenters. The lowest BCUT2D eigenvalue weighted by Gasteiger charge is -2.27. The monoisotopic (exact) mass is 568 g/mol. The smallest absolute Gasteiger partial charge is 0.119 e. The number of hydrogen-bond donors (Lipinski definition) is 0. The number of ether oxygens (including phenoxy) is 8. The Kier molecular flexibility index (Phi) is 12.2. The molecule has 0 N–H and O–H groups in total. The fraction of sp³-hybridized carbons (Fsp3) is 0.515. The largest absolute Gasteiger partial charge is 0.491 e. The molecular formula is C33H44O8. The highest BCUT2D eigenvalue weighted by Gasteiger charge is 2.26. The lowest BCUT2D eigenvalue weighted by Crippen LogP contribution is -2.29. The Morgan fingerprint density at radius 3 is 1.44 bits per heavy atom. The lowest BCUT2D eigenvalue weighted by atomic mass is 9.78. The average Bonchev–Trinajstić information content (AvgIpc) is 3.92. The summed E-state index contributed by atoms with van der Waals surface area (Å²) >= 11 is 0. The number of hydrogen-bond acceptors (Lipinski definition) is 8. The molecule has 41 heavy (non-hydrogen) atoms. The van der Waals surface area contributed by atoms with Gasteiger partial charge in [0.15, 0.2) is 0 Å². The molecule has 224 valence electrons. The zero-order valence-electron chi connectivity index (χ0n) is 24.3. The van der Waals surface area contributed by atoms with Gasteiger partial charge in [0.2, 0.25) is 0 Å². The fourth-order valence-electron chi connectivity index (χ4n) is 4.15. The zero-order chi connectivity index (χ0) is 28.9. The Labute approximate surface area is 244 Å². The van der Waals surface area contributed by atoms with Gasteiger partial charge in [-0.05, 0) is 35.4 Å². The summed E-state index contributed by atoms with van der Waals surface area (Å²) < 4.78 is 45.6. The number of epoxide rings is 2. The summed E-state index contributed by atoms with van der Waals surface area (Å²) in [6.07, 6.45) is 3.49. The molecule has 8 heteroatoms. The molecule has 8 nitrogen and oxygen atoms in total. The van der Waals surface area contributed by atoms with Crippen LogP contribution in [-0.4, -0.2) is 90.5 Å². The van der Waals surface area contributed by atoms with Crippen LogP contribution in [0.15, 0.2) is 73.8 Å². The van der Waals surface area contributed by atoms with Gasteiger partial charge in [-0.2, -0.15) is 0 Å². The first-order chi connectivity index (χ1) is 20.0. The Bertz CT molecular complexity index is 960. The maximum absolute atomic E-state index is 6.03. The van der Waals surface area contributed by atoms with Crippen molar-refractivity contribution in [2.45, 2.75) is 43.7 Å². The summed E-state index contributed by atoms with van der Waals surface area (Å²) in [6.45, 7) is 17.0. The molecule has 2 aromatic carbocycles. The highest BCUT2D eigenvalue weighted by atomic mass is 16.6. The van der Waals surface area contributed by atoms with Crippen molar-refractivity contribution in [3.8, 4) is 11.5 Å². The van der Waals surface area contributed by atoms with Gasteiger partial charge in [0.1, 0.15) is 49.1 Å². The second kappa shape index (κ2) is 16.1. The van der Waals surface area contributed by atoms with Crippen LogP contribution in [0, 0.1) is 0 Å². The first kappa shape index (κ1) is 31.2. The molecule has 0 spiro atoms. The van der Waals surface area contributed by atoms with Gasteiger partial charge in [0, 0.05) is 5.41 Å². The Balaban J connectivity index is 1.27. The molecule has 0 bridgehead atoms. The fourth-order valence-corrected chi connectivity index (χ4v) is 4.15. The maximum Gasteiger partial charge on any atom is 0.119 e. The van der Waals surface area contributed by atoms with Crippen LogP contribution < -0.4 is 9.47 Å². The first-order valence-electron chi connectivity index (χ1n) is 14.3. The molecule has 2 aliphatic heterocycles. The van der Waals surface area contributed by atoms with Crippen LogP contribution in [0.5, 0.6) is 11.5 Å². The van der Waals surface area contributed by atoms with Crippen molar-refractivity contribution in [2.24, 2.45) is 0 Å². The first-order valence-corrected chi connectivity index (χ1v) is 14.3. The molecule has 0 aromatic heterocycles. The molecule has 0 amide bonds. The number of rotatable bonds is 22. The van der Waals surface area contributed by atoms with E-state index in [0.717, 1.165) is 24.7 Å². The van der Waals surface area contributed by atoms with Crippen LogP contribution >= 0.6 is 0 Å². The van der Waals surface area contributed by atoms with E-state index in [2.05, 4.69) is 51.3 Å². The van der Waals surface area contributed by atoms with Crippen LogP contribution in [0.1, 0.15) is 25.0 Å². The lowest BCUT2D eigenvalue weighted by molar-refractivity contribution is -0.0363. The van der Waals surface area contributed by atoms with Gasteiger partial charge in [0.25, 0.3) is 0 Å². The topological polar surface area (TPSA) is 80.4 Å². The second-order valence-corrected chi connectivity index (χ2v) is 10.8. The van der Waals surface area contributed by atoms with Crippen molar-refractivity contribution in [1.82, 2.24) is 0 Å². The molecule has 0 saturated carbocycles. The normalized spacial score (nSPS) is 19.3. The minimum absolute atomic E-state index is 0.176. The van der Waals surface area contributed by atoms with Gasteiger partial charge in [-0.25, -0.2) is 0 Å². The summed E-state index contributed by atoms with van der Waals surface area (Å²) in [5.74, 6) is 1.57. The van der Waals surface area contributed by atoms with Gasteiger partial charge < -0.3 is 37.9 Å².